The number of anilines is 3. The summed E-state index contributed by atoms with van der Waals surface area (Å²) in [5.41, 5.74) is 19.7. The van der Waals surface area contributed by atoms with Crippen molar-refractivity contribution in [2.24, 2.45) is 0 Å². The van der Waals surface area contributed by atoms with Crippen LogP contribution in [-0.4, -0.2) is 4.57 Å². The van der Waals surface area contributed by atoms with Gasteiger partial charge in [0.2, 0.25) is 0 Å². The summed E-state index contributed by atoms with van der Waals surface area (Å²) in [6, 6.07) is 80.3. The smallest absolute Gasteiger partial charge is 0.0725 e. The van der Waals surface area contributed by atoms with Gasteiger partial charge < -0.3 is 9.47 Å². The van der Waals surface area contributed by atoms with Gasteiger partial charge in [0.15, 0.2) is 0 Å². The standard InChI is InChI=1S/C55H36N2/c1-3-15-39(16-4-1)56(41-30-27-37(28-31-41)38-29-34-54-48(35-38)46-22-10-14-26-53(46)57(54)40-17-5-2-6-18-40)42-32-33-52-47(36-42)45-21-9-13-25-51(45)55(52)49-23-11-7-19-43(49)44-20-8-12-24-50(44)55/h1-36H. The lowest BCUT2D eigenvalue weighted by Gasteiger charge is -2.31. The van der Waals surface area contributed by atoms with Crippen molar-refractivity contribution in [3.8, 4) is 39.1 Å². The first-order valence-corrected chi connectivity index (χ1v) is 19.8. The Balaban J connectivity index is 0.985. The molecular formula is C55H36N2. The highest BCUT2D eigenvalue weighted by Gasteiger charge is 2.51. The minimum Gasteiger partial charge on any atom is -0.310 e. The maximum Gasteiger partial charge on any atom is 0.0725 e. The molecule has 0 amide bonds. The van der Waals surface area contributed by atoms with Crippen LogP contribution in [0.5, 0.6) is 0 Å². The zero-order valence-corrected chi connectivity index (χ0v) is 31.2. The average Bonchev–Trinajstić information content (AvgIpc) is 3.89. The lowest BCUT2D eigenvalue weighted by molar-refractivity contribution is 0.794. The van der Waals surface area contributed by atoms with E-state index < -0.39 is 0 Å². The summed E-state index contributed by atoms with van der Waals surface area (Å²) in [6.45, 7) is 0. The minimum absolute atomic E-state index is 0.356. The van der Waals surface area contributed by atoms with E-state index in [1.54, 1.807) is 0 Å². The van der Waals surface area contributed by atoms with Crippen molar-refractivity contribution < 1.29 is 0 Å². The molecule has 0 radical (unpaired) electrons. The first-order valence-electron chi connectivity index (χ1n) is 19.8. The molecule has 0 aliphatic heterocycles. The van der Waals surface area contributed by atoms with Crippen molar-refractivity contribution in [1.29, 1.82) is 0 Å². The molecule has 57 heavy (non-hydrogen) atoms. The molecule has 0 saturated carbocycles. The zero-order valence-electron chi connectivity index (χ0n) is 31.2. The number of hydrogen-bond donors (Lipinski definition) is 0. The Kier molecular flexibility index (Phi) is 6.88. The summed E-state index contributed by atoms with van der Waals surface area (Å²) in [5.74, 6) is 0. The zero-order chi connectivity index (χ0) is 37.5. The third kappa shape index (κ3) is 4.53. The number of nitrogens with zero attached hydrogens (tertiary/aromatic N) is 2. The van der Waals surface area contributed by atoms with Crippen LogP contribution in [-0.2, 0) is 5.41 Å². The molecule has 0 N–H and O–H groups in total. The Hall–Kier alpha value is -7.42. The summed E-state index contributed by atoms with van der Waals surface area (Å²) in [4.78, 5) is 2.39. The lowest BCUT2D eigenvalue weighted by atomic mass is 9.70. The second kappa shape index (κ2) is 12.3. The molecule has 1 aromatic heterocycles. The summed E-state index contributed by atoms with van der Waals surface area (Å²) < 4.78 is 2.37. The molecule has 0 saturated heterocycles. The Morgan fingerprint density at radius 1 is 0.316 bits per heavy atom. The van der Waals surface area contributed by atoms with Gasteiger partial charge >= 0.3 is 0 Å². The van der Waals surface area contributed by atoms with Gasteiger partial charge in [0, 0.05) is 33.5 Å². The molecule has 2 aliphatic carbocycles. The summed E-state index contributed by atoms with van der Waals surface area (Å²) in [5, 5.41) is 2.51. The highest BCUT2D eigenvalue weighted by atomic mass is 15.1. The Labute approximate surface area is 332 Å². The van der Waals surface area contributed by atoms with Gasteiger partial charge in [-0.2, -0.15) is 0 Å². The SMILES string of the molecule is c1ccc(N(c2ccc(-c3ccc4c(c3)c3ccccc3n4-c3ccccc3)cc2)c2ccc3c(c2)-c2ccccc2C32c3ccccc3-c3ccccc32)cc1. The van der Waals surface area contributed by atoms with E-state index in [0.29, 0.717) is 0 Å². The maximum atomic E-state index is 2.42. The average molecular weight is 725 g/mol. The van der Waals surface area contributed by atoms with Crippen molar-refractivity contribution in [2.75, 3.05) is 4.90 Å². The first-order chi connectivity index (χ1) is 28.3. The molecule has 2 heteroatoms. The molecule has 2 nitrogen and oxygen atoms in total. The van der Waals surface area contributed by atoms with Gasteiger partial charge in [-0.3, -0.25) is 0 Å². The Morgan fingerprint density at radius 3 is 1.49 bits per heavy atom. The molecule has 0 fully saturated rings. The van der Waals surface area contributed by atoms with Crippen LogP contribution in [0.2, 0.25) is 0 Å². The van der Waals surface area contributed by atoms with Crippen LogP contribution in [0.4, 0.5) is 17.1 Å². The minimum atomic E-state index is -0.356. The van der Waals surface area contributed by atoms with Gasteiger partial charge in [-0.25, -0.2) is 0 Å². The normalized spacial score (nSPS) is 13.1. The van der Waals surface area contributed by atoms with Crippen molar-refractivity contribution >= 4 is 38.9 Å². The molecular weight excluding hydrogens is 689 g/mol. The van der Waals surface area contributed by atoms with Crippen LogP contribution in [0.15, 0.2) is 218 Å². The fourth-order valence-corrected chi connectivity index (χ4v) is 10.1. The van der Waals surface area contributed by atoms with Gasteiger partial charge in [-0.1, -0.05) is 152 Å². The first kappa shape index (κ1) is 31.9. The number of rotatable bonds is 5. The molecule has 0 bridgehead atoms. The highest BCUT2D eigenvalue weighted by Crippen LogP contribution is 2.63. The van der Waals surface area contributed by atoms with Gasteiger partial charge in [0.1, 0.15) is 0 Å². The molecule has 2 aliphatic rings. The second-order valence-electron chi connectivity index (χ2n) is 15.3. The number of aromatic nitrogens is 1. The van der Waals surface area contributed by atoms with Crippen LogP contribution < -0.4 is 4.90 Å². The molecule has 1 heterocycles. The third-order valence-electron chi connectivity index (χ3n) is 12.4. The topological polar surface area (TPSA) is 8.17 Å². The fraction of sp³-hybridized carbons (Fsp3) is 0.0182. The van der Waals surface area contributed by atoms with Crippen molar-refractivity contribution in [3.05, 3.63) is 241 Å². The summed E-state index contributed by atoms with van der Waals surface area (Å²) in [7, 11) is 0. The monoisotopic (exact) mass is 724 g/mol. The van der Waals surface area contributed by atoms with Gasteiger partial charge in [-0.05, 0) is 122 Å². The summed E-state index contributed by atoms with van der Waals surface area (Å²) in [6.07, 6.45) is 0. The number of para-hydroxylation sites is 3. The van der Waals surface area contributed by atoms with E-state index in [-0.39, 0.29) is 5.41 Å². The second-order valence-corrected chi connectivity index (χ2v) is 15.3. The van der Waals surface area contributed by atoms with Crippen LogP contribution in [0.3, 0.4) is 0 Å². The Bertz CT molecular complexity index is 3130. The van der Waals surface area contributed by atoms with Crippen molar-refractivity contribution in [3.63, 3.8) is 0 Å². The van der Waals surface area contributed by atoms with E-state index in [4.69, 9.17) is 0 Å². The molecule has 0 atom stereocenters. The molecule has 10 aromatic rings. The Morgan fingerprint density at radius 2 is 0.807 bits per heavy atom. The van der Waals surface area contributed by atoms with Gasteiger partial charge in [-0.15, -0.1) is 0 Å². The van der Waals surface area contributed by atoms with Crippen LogP contribution in [0, 0.1) is 0 Å². The lowest BCUT2D eigenvalue weighted by Crippen LogP contribution is -2.25. The van der Waals surface area contributed by atoms with Gasteiger partial charge in [0.25, 0.3) is 0 Å². The molecule has 1 spiro atoms. The summed E-state index contributed by atoms with van der Waals surface area (Å²) >= 11 is 0. The molecule has 12 rings (SSSR count). The molecule has 0 unspecified atom stereocenters. The quantitative estimate of drug-likeness (QED) is 0.172. The van der Waals surface area contributed by atoms with Gasteiger partial charge in [0.05, 0.1) is 16.4 Å². The van der Waals surface area contributed by atoms with Crippen LogP contribution in [0.25, 0.3) is 60.9 Å². The number of hydrogen-bond acceptors (Lipinski definition) is 1. The van der Waals surface area contributed by atoms with E-state index in [0.717, 1.165) is 17.1 Å². The maximum absolute atomic E-state index is 2.42. The predicted octanol–water partition coefficient (Wildman–Crippen LogP) is 14.3. The van der Waals surface area contributed by atoms with Crippen molar-refractivity contribution in [1.82, 2.24) is 4.57 Å². The van der Waals surface area contributed by atoms with Crippen LogP contribution in [0.1, 0.15) is 22.3 Å². The van der Waals surface area contributed by atoms with E-state index >= 15 is 0 Å². The largest absolute Gasteiger partial charge is 0.310 e. The fourth-order valence-electron chi connectivity index (χ4n) is 10.1. The number of benzene rings is 9. The van der Waals surface area contributed by atoms with Crippen LogP contribution >= 0.6 is 0 Å². The van der Waals surface area contributed by atoms with E-state index in [1.807, 2.05) is 0 Å². The predicted molar refractivity (Wildman–Crippen MR) is 237 cm³/mol. The highest BCUT2D eigenvalue weighted by molar-refractivity contribution is 6.10. The molecule has 266 valence electrons. The third-order valence-corrected chi connectivity index (χ3v) is 12.4. The number of fused-ring (bicyclic) bond motifs is 13. The molecule has 9 aromatic carbocycles. The van der Waals surface area contributed by atoms with E-state index in [2.05, 4.69) is 228 Å². The van der Waals surface area contributed by atoms with E-state index in [1.165, 1.54) is 83.1 Å². The van der Waals surface area contributed by atoms with E-state index in [9.17, 15) is 0 Å². The van der Waals surface area contributed by atoms with Crippen molar-refractivity contribution in [2.45, 2.75) is 5.41 Å².